The van der Waals surface area contributed by atoms with E-state index in [0.717, 1.165) is 45.0 Å². The van der Waals surface area contributed by atoms with Crippen LogP contribution in [0.2, 0.25) is 0 Å². The molecule has 71 heavy (non-hydrogen) atoms. The average Bonchev–Trinajstić information content (AvgIpc) is 3.78. The molecule has 0 aliphatic carbocycles. The first-order valence-corrected chi connectivity index (χ1v) is 26.5. The number of benzene rings is 11. The summed E-state index contributed by atoms with van der Waals surface area (Å²) in [5.41, 5.74) is 15.1. The Morgan fingerprint density at radius 2 is 0.845 bits per heavy atom. The van der Waals surface area contributed by atoms with E-state index in [1.165, 1.54) is 70.4 Å². The van der Waals surface area contributed by atoms with Gasteiger partial charge in [-0.2, -0.15) is 0 Å². The van der Waals surface area contributed by atoms with Gasteiger partial charge in [0.05, 0.1) is 16.7 Å². The summed E-state index contributed by atoms with van der Waals surface area (Å²) in [5.74, 6) is 1.73. The molecule has 11 aromatic carbocycles. The summed E-state index contributed by atoms with van der Waals surface area (Å²) >= 11 is 0. The molecule has 1 aromatic heterocycles. The van der Waals surface area contributed by atoms with Gasteiger partial charge in [0.15, 0.2) is 8.07 Å². The molecule has 0 spiro atoms. The maximum atomic E-state index is 7.48. The number of fused-ring (bicyclic) bond motifs is 7. The molecule has 5 heteroatoms. The highest BCUT2D eigenvalue weighted by Gasteiger charge is 2.46. The van der Waals surface area contributed by atoms with Crippen molar-refractivity contribution in [2.45, 2.75) is 0 Å². The fourth-order valence-corrected chi connectivity index (χ4v) is 17.0. The van der Waals surface area contributed by atoms with Gasteiger partial charge >= 0.3 is 6.85 Å². The maximum Gasteiger partial charge on any atom is 0.336 e. The molecule has 0 saturated heterocycles. The second kappa shape index (κ2) is 16.7. The fourth-order valence-electron chi connectivity index (χ4n) is 12.0. The van der Waals surface area contributed by atoms with Crippen LogP contribution in [0.4, 0.5) is 11.4 Å². The summed E-state index contributed by atoms with van der Waals surface area (Å²) in [6.45, 7) is -0.154. The van der Waals surface area contributed by atoms with Crippen LogP contribution >= 0.6 is 0 Å². The van der Waals surface area contributed by atoms with Gasteiger partial charge in [-0.3, -0.25) is 0 Å². The predicted octanol–water partition coefficient (Wildman–Crippen LogP) is 12.5. The molecule has 0 radical (unpaired) electrons. The lowest BCUT2D eigenvalue weighted by molar-refractivity contribution is 0.487. The van der Waals surface area contributed by atoms with Crippen molar-refractivity contribution in [3.8, 4) is 50.6 Å². The quantitative estimate of drug-likeness (QED) is 0.112. The van der Waals surface area contributed by atoms with E-state index >= 15 is 0 Å². The van der Waals surface area contributed by atoms with Gasteiger partial charge in [-0.05, 0) is 103 Å². The van der Waals surface area contributed by atoms with Gasteiger partial charge in [-0.1, -0.05) is 218 Å². The van der Waals surface area contributed by atoms with E-state index in [-0.39, 0.29) is 6.85 Å². The molecular formula is C66H45BN2OSi. The van der Waals surface area contributed by atoms with E-state index in [0.29, 0.717) is 0 Å². The van der Waals surface area contributed by atoms with Crippen LogP contribution in [-0.2, 0) is 0 Å². The highest BCUT2D eigenvalue weighted by molar-refractivity contribution is 7.20. The molecule has 332 valence electrons. The molecule has 3 heterocycles. The van der Waals surface area contributed by atoms with Crippen molar-refractivity contribution in [1.29, 1.82) is 0 Å². The Labute approximate surface area is 415 Å². The van der Waals surface area contributed by atoms with Crippen molar-refractivity contribution in [2.75, 3.05) is 4.81 Å². The van der Waals surface area contributed by atoms with Gasteiger partial charge in [-0.15, -0.1) is 0 Å². The van der Waals surface area contributed by atoms with Crippen LogP contribution in [0, 0.1) is 0 Å². The first kappa shape index (κ1) is 41.1. The van der Waals surface area contributed by atoms with Gasteiger partial charge in [0.25, 0.3) is 0 Å². The third-order valence-electron chi connectivity index (χ3n) is 15.0. The maximum absolute atomic E-state index is 7.48. The lowest BCUT2D eigenvalue weighted by Crippen LogP contribution is -2.75. The van der Waals surface area contributed by atoms with Gasteiger partial charge in [0.1, 0.15) is 11.5 Å². The summed E-state index contributed by atoms with van der Waals surface area (Å²) in [6.07, 6.45) is 0. The second-order valence-corrected chi connectivity index (χ2v) is 22.5. The van der Waals surface area contributed by atoms with Crippen LogP contribution in [0.15, 0.2) is 273 Å². The van der Waals surface area contributed by atoms with Crippen LogP contribution in [0.5, 0.6) is 11.5 Å². The molecule has 14 rings (SSSR count). The SMILES string of the molecule is c1ccc(N2B3c4ccc(-c5ccccc5-n5c6ccccc6c6ccccc65)cc4Oc4cc(-c5ccccc5[Si](c5ccccc5)(c5ccccc5)c5ccccc5)cc(c43)-c3ccccc32)cc1. The number of ether oxygens (including phenoxy) is 1. The molecule has 0 unspecified atom stereocenters. The minimum atomic E-state index is -2.93. The molecule has 2 aliphatic rings. The zero-order chi connectivity index (χ0) is 46.9. The lowest BCUT2D eigenvalue weighted by Gasteiger charge is -2.42. The van der Waals surface area contributed by atoms with E-state index in [1.54, 1.807) is 0 Å². The zero-order valence-corrected chi connectivity index (χ0v) is 39.9. The molecule has 12 aromatic rings. The molecule has 0 bridgehead atoms. The zero-order valence-electron chi connectivity index (χ0n) is 38.9. The van der Waals surface area contributed by atoms with Crippen LogP contribution in [0.25, 0.3) is 60.9 Å². The Kier molecular flexibility index (Phi) is 9.65. The van der Waals surface area contributed by atoms with Crippen molar-refractivity contribution in [2.24, 2.45) is 0 Å². The monoisotopic (exact) mass is 920 g/mol. The number of para-hydroxylation sites is 5. The summed E-state index contributed by atoms with van der Waals surface area (Å²) in [4.78, 5) is 2.53. The van der Waals surface area contributed by atoms with Crippen LogP contribution in [0.3, 0.4) is 0 Å². The Balaban J connectivity index is 1.01. The van der Waals surface area contributed by atoms with E-state index in [2.05, 4.69) is 282 Å². The van der Waals surface area contributed by atoms with E-state index in [1.807, 2.05) is 0 Å². The van der Waals surface area contributed by atoms with E-state index < -0.39 is 8.07 Å². The minimum Gasteiger partial charge on any atom is -0.458 e. The Morgan fingerprint density at radius 1 is 0.352 bits per heavy atom. The Hall–Kier alpha value is -8.90. The summed E-state index contributed by atoms with van der Waals surface area (Å²) in [6, 6.07) is 101. The Bertz CT molecular complexity index is 3840. The van der Waals surface area contributed by atoms with E-state index in [9.17, 15) is 0 Å². The third-order valence-corrected chi connectivity index (χ3v) is 19.8. The van der Waals surface area contributed by atoms with E-state index in [4.69, 9.17) is 4.74 Å². The molecular weight excluding hydrogens is 876 g/mol. The highest BCUT2D eigenvalue weighted by atomic mass is 28.3. The van der Waals surface area contributed by atoms with Crippen LogP contribution in [0.1, 0.15) is 0 Å². The smallest absolute Gasteiger partial charge is 0.336 e. The first-order valence-electron chi connectivity index (χ1n) is 24.5. The summed E-state index contributed by atoms with van der Waals surface area (Å²) in [5, 5.41) is 7.84. The summed E-state index contributed by atoms with van der Waals surface area (Å²) in [7, 11) is -2.93. The topological polar surface area (TPSA) is 17.4 Å². The lowest BCUT2D eigenvalue weighted by atomic mass is 9.44. The van der Waals surface area contributed by atoms with Crippen LogP contribution in [-0.4, -0.2) is 19.5 Å². The van der Waals surface area contributed by atoms with Gasteiger partial charge in [-0.25, -0.2) is 0 Å². The third kappa shape index (κ3) is 6.37. The van der Waals surface area contributed by atoms with Crippen molar-refractivity contribution >= 4 is 79.8 Å². The van der Waals surface area contributed by atoms with Crippen LogP contribution < -0.4 is 41.2 Å². The number of aromatic nitrogens is 1. The van der Waals surface area contributed by atoms with Gasteiger partial charge in [0, 0.05) is 38.7 Å². The second-order valence-electron chi connectivity index (χ2n) is 18.7. The molecule has 0 amide bonds. The van der Waals surface area contributed by atoms with Crippen molar-refractivity contribution in [1.82, 2.24) is 4.57 Å². The predicted molar refractivity (Wildman–Crippen MR) is 301 cm³/mol. The number of hydrogen-bond acceptors (Lipinski definition) is 2. The fraction of sp³-hybridized carbons (Fsp3) is 0. The average molecular weight is 921 g/mol. The number of hydrogen-bond donors (Lipinski definition) is 0. The van der Waals surface area contributed by atoms with Crippen molar-refractivity contribution in [3.63, 3.8) is 0 Å². The number of nitrogens with zero attached hydrogens (tertiary/aromatic N) is 2. The minimum absolute atomic E-state index is 0.154. The molecule has 0 atom stereocenters. The molecule has 0 fully saturated rings. The molecule has 3 nitrogen and oxygen atoms in total. The first-order chi connectivity index (χ1) is 35.3. The van der Waals surface area contributed by atoms with Gasteiger partial charge < -0.3 is 14.1 Å². The van der Waals surface area contributed by atoms with Crippen molar-refractivity contribution < 1.29 is 4.74 Å². The molecule has 0 saturated carbocycles. The number of anilines is 2. The van der Waals surface area contributed by atoms with Crippen molar-refractivity contribution in [3.05, 3.63) is 273 Å². The standard InChI is InChI=1S/C66H45BN2OSi/c1-5-23-48(24-6-1)69-62-39-21-16-35-56(62)57-43-47(53-32-17-22-40-65(53)71(49-25-7-2-8-26-49,50-27-9-3-10-28-50)51-29-11-4-12-30-51)45-64-66(57)67(69)58-42-41-46(44-63(58)70-64)52-31-13-18-36-59(52)68-60-37-19-14-33-54(60)55-34-15-20-38-61(55)68/h1-45H. The number of rotatable bonds is 8. The molecule has 2 aliphatic heterocycles. The Morgan fingerprint density at radius 3 is 1.48 bits per heavy atom. The molecule has 0 N–H and O–H groups in total. The van der Waals surface area contributed by atoms with Gasteiger partial charge in [0.2, 0.25) is 0 Å². The normalized spacial score (nSPS) is 12.6. The largest absolute Gasteiger partial charge is 0.458 e. The summed E-state index contributed by atoms with van der Waals surface area (Å²) < 4.78 is 9.90. The highest BCUT2D eigenvalue weighted by Crippen LogP contribution is 2.46.